The molecule has 0 amide bonds. The van der Waals surface area contributed by atoms with Crippen molar-refractivity contribution in [3.05, 3.63) is 84.4 Å². The van der Waals surface area contributed by atoms with Gasteiger partial charge in [-0.1, -0.05) is 31.9 Å². The molecule has 0 radical (unpaired) electrons. The van der Waals surface area contributed by atoms with Crippen molar-refractivity contribution in [2.45, 2.75) is 45.3 Å². The number of aliphatic imine (C=N–C) groups is 1. The maximum absolute atomic E-state index is 4.87. The first kappa shape index (κ1) is 21.7. The van der Waals surface area contributed by atoms with Gasteiger partial charge in [0.25, 0.3) is 0 Å². The number of aromatic nitrogens is 3. The third kappa shape index (κ3) is 4.57. The van der Waals surface area contributed by atoms with Crippen LogP contribution in [0.3, 0.4) is 0 Å². The number of imidazole rings is 1. The Bertz CT molecular complexity index is 979. The number of pyridine rings is 1. The molecule has 0 N–H and O–H groups in total. The molecular weight excluding hydrogens is 370 g/mol. The van der Waals surface area contributed by atoms with Crippen LogP contribution >= 0.6 is 0 Å². The van der Waals surface area contributed by atoms with E-state index in [9.17, 15) is 0 Å². The lowest BCUT2D eigenvalue weighted by molar-refractivity contribution is 0.201. The molecule has 156 valence electrons. The Morgan fingerprint density at radius 1 is 1.33 bits per heavy atom. The smallest absolute Gasteiger partial charge is 0.124 e. The molecule has 1 aliphatic rings. The maximum Gasteiger partial charge on any atom is 0.124 e. The fourth-order valence-corrected chi connectivity index (χ4v) is 4.14. The van der Waals surface area contributed by atoms with Gasteiger partial charge in [-0.2, -0.15) is 0 Å². The number of nitrogens with zero attached hydrogens (tertiary/aromatic N) is 5. The van der Waals surface area contributed by atoms with Gasteiger partial charge in [0.1, 0.15) is 5.82 Å². The largest absolute Gasteiger partial charge is 0.321 e. The summed E-state index contributed by atoms with van der Waals surface area (Å²) in [7, 11) is 2.15. The molecule has 1 atom stereocenters. The first-order chi connectivity index (χ1) is 14.6. The van der Waals surface area contributed by atoms with E-state index in [1.807, 2.05) is 31.3 Å². The lowest BCUT2D eigenvalue weighted by atomic mass is 9.91. The van der Waals surface area contributed by atoms with Crippen molar-refractivity contribution < 1.29 is 0 Å². The standard InChI is InChI=1S/C25H31N5/c1-6-12-20(26-9-4)17-30-22(8-3)21(7-2)28-24(30)18-29(5)23-15-10-13-19-14-11-16-27-25(19)23/h6-9,11-12,14,16,23H,1-3,10,13,15,17-18H2,4-5H3/b20-12-,26-9?. The average molecular weight is 402 g/mol. The van der Waals surface area contributed by atoms with E-state index >= 15 is 0 Å². The van der Waals surface area contributed by atoms with Gasteiger partial charge in [0.15, 0.2) is 0 Å². The number of allylic oxidation sites excluding steroid dienone is 3. The molecule has 1 unspecified atom stereocenters. The molecule has 5 nitrogen and oxygen atoms in total. The third-order valence-corrected chi connectivity index (χ3v) is 5.51. The number of aryl methyl sites for hydroxylation is 1. The second-order valence-electron chi connectivity index (χ2n) is 7.44. The van der Waals surface area contributed by atoms with E-state index in [0.29, 0.717) is 13.1 Å². The van der Waals surface area contributed by atoms with E-state index in [2.05, 4.69) is 47.3 Å². The molecule has 0 aromatic carbocycles. The molecule has 0 saturated heterocycles. The predicted molar refractivity (Wildman–Crippen MR) is 126 cm³/mol. The summed E-state index contributed by atoms with van der Waals surface area (Å²) in [4.78, 5) is 16.4. The normalized spacial score (nSPS) is 16.6. The van der Waals surface area contributed by atoms with Crippen LogP contribution < -0.4 is 0 Å². The molecule has 2 aromatic rings. The molecule has 0 bridgehead atoms. The molecule has 2 heterocycles. The highest BCUT2D eigenvalue weighted by Gasteiger charge is 2.26. The number of fused-ring (bicyclic) bond motifs is 1. The third-order valence-electron chi connectivity index (χ3n) is 5.51. The van der Waals surface area contributed by atoms with Crippen molar-refractivity contribution >= 4 is 18.4 Å². The summed E-state index contributed by atoms with van der Waals surface area (Å²) in [5.74, 6) is 0.964. The van der Waals surface area contributed by atoms with Crippen LogP contribution in [-0.4, -0.2) is 32.7 Å². The topological polar surface area (TPSA) is 46.3 Å². The van der Waals surface area contributed by atoms with Crippen molar-refractivity contribution in [2.24, 2.45) is 4.99 Å². The van der Waals surface area contributed by atoms with Gasteiger partial charge in [-0.05, 0) is 63.1 Å². The molecular formula is C25H31N5. The maximum atomic E-state index is 4.87. The van der Waals surface area contributed by atoms with Crippen molar-refractivity contribution in [1.82, 2.24) is 19.4 Å². The van der Waals surface area contributed by atoms with Crippen LogP contribution in [0.5, 0.6) is 0 Å². The molecule has 0 aliphatic heterocycles. The molecule has 3 rings (SSSR count). The molecule has 0 spiro atoms. The zero-order valence-electron chi connectivity index (χ0n) is 18.1. The number of hydrogen-bond acceptors (Lipinski definition) is 4. The van der Waals surface area contributed by atoms with Crippen LogP contribution in [0.2, 0.25) is 0 Å². The fourth-order valence-electron chi connectivity index (χ4n) is 4.14. The van der Waals surface area contributed by atoms with Crippen LogP contribution in [0.1, 0.15) is 54.3 Å². The van der Waals surface area contributed by atoms with Crippen LogP contribution in [0.25, 0.3) is 12.2 Å². The minimum atomic E-state index is 0.288. The molecule has 2 aromatic heterocycles. The Labute approximate surface area is 179 Å². The van der Waals surface area contributed by atoms with Crippen molar-refractivity contribution in [3.63, 3.8) is 0 Å². The van der Waals surface area contributed by atoms with Gasteiger partial charge >= 0.3 is 0 Å². The number of hydrogen-bond donors (Lipinski definition) is 0. The minimum Gasteiger partial charge on any atom is -0.321 e. The minimum absolute atomic E-state index is 0.288. The van der Waals surface area contributed by atoms with E-state index in [4.69, 9.17) is 9.97 Å². The molecule has 0 fully saturated rings. The first-order valence-corrected chi connectivity index (χ1v) is 10.4. The zero-order valence-corrected chi connectivity index (χ0v) is 18.1. The van der Waals surface area contributed by atoms with E-state index in [1.54, 1.807) is 18.4 Å². The summed E-state index contributed by atoms with van der Waals surface area (Å²) in [5.41, 5.74) is 5.26. The molecule has 1 aliphatic carbocycles. The highest BCUT2D eigenvalue weighted by Crippen LogP contribution is 2.33. The summed E-state index contributed by atoms with van der Waals surface area (Å²) < 4.78 is 2.17. The summed E-state index contributed by atoms with van der Waals surface area (Å²) in [6.45, 7) is 15.0. The van der Waals surface area contributed by atoms with Gasteiger partial charge in [0.05, 0.1) is 41.9 Å². The predicted octanol–water partition coefficient (Wildman–Crippen LogP) is 5.23. The van der Waals surface area contributed by atoms with Crippen LogP contribution in [0.4, 0.5) is 0 Å². The van der Waals surface area contributed by atoms with Gasteiger partial charge in [-0.25, -0.2) is 4.98 Å². The second kappa shape index (κ2) is 10.1. The monoisotopic (exact) mass is 401 g/mol. The van der Waals surface area contributed by atoms with Crippen molar-refractivity contribution in [3.8, 4) is 0 Å². The first-order valence-electron chi connectivity index (χ1n) is 10.4. The number of rotatable bonds is 9. The van der Waals surface area contributed by atoms with Crippen LogP contribution in [0, 0.1) is 0 Å². The zero-order chi connectivity index (χ0) is 21.5. The lowest BCUT2D eigenvalue weighted by Crippen LogP contribution is -2.29. The van der Waals surface area contributed by atoms with Crippen molar-refractivity contribution in [1.29, 1.82) is 0 Å². The second-order valence-corrected chi connectivity index (χ2v) is 7.44. The molecule has 30 heavy (non-hydrogen) atoms. The van der Waals surface area contributed by atoms with Gasteiger partial charge in [0, 0.05) is 12.4 Å². The van der Waals surface area contributed by atoms with E-state index in [0.717, 1.165) is 35.8 Å². The van der Waals surface area contributed by atoms with Crippen LogP contribution in [-0.2, 0) is 19.5 Å². The van der Waals surface area contributed by atoms with Gasteiger partial charge in [0.2, 0.25) is 0 Å². The SMILES string of the molecule is C=C/C=C(/Cn1c(CN(C)C2CCCc3cccnc32)nc(C=C)c1C=C)N=CC. The van der Waals surface area contributed by atoms with Gasteiger partial charge in [-0.15, -0.1) is 0 Å². The Morgan fingerprint density at radius 3 is 2.87 bits per heavy atom. The Morgan fingerprint density at radius 2 is 2.17 bits per heavy atom. The highest BCUT2D eigenvalue weighted by molar-refractivity contribution is 5.59. The van der Waals surface area contributed by atoms with Crippen LogP contribution in [0.15, 0.2) is 60.9 Å². The van der Waals surface area contributed by atoms with Crippen molar-refractivity contribution in [2.75, 3.05) is 7.05 Å². The van der Waals surface area contributed by atoms with Gasteiger partial charge < -0.3 is 4.57 Å². The Hall–Kier alpha value is -3.05. The van der Waals surface area contributed by atoms with E-state index in [-0.39, 0.29) is 6.04 Å². The summed E-state index contributed by atoms with van der Waals surface area (Å²) in [6.07, 6.45) is 14.4. The fraction of sp³-hybridized carbons (Fsp3) is 0.320. The lowest BCUT2D eigenvalue weighted by Gasteiger charge is -2.32. The summed E-state index contributed by atoms with van der Waals surface area (Å²) in [6, 6.07) is 4.52. The van der Waals surface area contributed by atoms with E-state index < -0.39 is 0 Å². The van der Waals surface area contributed by atoms with Gasteiger partial charge in [-0.3, -0.25) is 14.9 Å². The average Bonchev–Trinajstić information content (AvgIpc) is 3.09. The summed E-state index contributed by atoms with van der Waals surface area (Å²) >= 11 is 0. The molecule has 5 heteroatoms. The highest BCUT2D eigenvalue weighted by atomic mass is 15.2. The Balaban J connectivity index is 1.95. The summed E-state index contributed by atoms with van der Waals surface area (Å²) in [5, 5.41) is 0. The van der Waals surface area contributed by atoms with E-state index in [1.165, 1.54) is 17.7 Å². The Kier molecular flexibility index (Phi) is 7.31. The molecule has 0 saturated carbocycles. The quantitative estimate of drug-likeness (QED) is 0.427.